The Kier molecular flexibility index (Phi) is 4.99. The first-order valence-electron chi connectivity index (χ1n) is 6.56. The zero-order chi connectivity index (χ0) is 17.0. The molecule has 0 unspecified atom stereocenters. The number of carbonyl (C=O) groups is 2. The van der Waals surface area contributed by atoms with Crippen LogP contribution in [0.3, 0.4) is 0 Å². The fourth-order valence-electron chi connectivity index (χ4n) is 1.76. The van der Waals surface area contributed by atoms with E-state index in [0.717, 1.165) is 0 Å². The third kappa shape index (κ3) is 4.09. The molecule has 23 heavy (non-hydrogen) atoms. The van der Waals surface area contributed by atoms with Crippen molar-refractivity contribution in [3.63, 3.8) is 0 Å². The number of ether oxygens (including phenoxy) is 1. The van der Waals surface area contributed by atoms with Crippen molar-refractivity contribution in [2.45, 2.75) is 13.3 Å². The molecule has 2 N–H and O–H groups in total. The molecular weight excluding hydrogens is 315 g/mol. The average molecular weight is 327 g/mol. The van der Waals surface area contributed by atoms with Gasteiger partial charge in [-0.2, -0.15) is 5.10 Å². The molecule has 2 rings (SSSR count). The zero-order valence-electron chi connectivity index (χ0n) is 12.0. The molecule has 0 aliphatic carbocycles. The fourth-order valence-corrected chi connectivity index (χ4v) is 1.76. The summed E-state index contributed by atoms with van der Waals surface area (Å²) in [5, 5.41) is 8.33. The van der Waals surface area contributed by atoms with Crippen molar-refractivity contribution in [2.75, 3.05) is 11.9 Å². The fraction of sp³-hybridized carbons (Fsp3) is 0.214. The maximum Gasteiger partial charge on any atom is 0.356 e. The molecule has 0 saturated heterocycles. The number of hydrogen-bond donors (Lipinski definition) is 2. The molecule has 9 heteroatoms. The third-order valence-electron chi connectivity index (χ3n) is 2.78. The topological polar surface area (TPSA) is 84.1 Å². The van der Waals surface area contributed by atoms with Gasteiger partial charge in [0.1, 0.15) is 11.5 Å². The van der Waals surface area contributed by atoms with Crippen molar-refractivity contribution in [2.24, 2.45) is 0 Å². The number of nitrogens with one attached hydrogen (secondary N) is 2. The lowest BCUT2D eigenvalue weighted by atomic mass is 10.1. The number of nitrogens with zero attached hydrogens (tertiary/aromatic N) is 1. The summed E-state index contributed by atoms with van der Waals surface area (Å²) in [5.74, 6) is -4.96. The van der Waals surface area contributed by atoms with E-state index >= 15 is 0 Å². The van der Waals surface area contributed by atoms with E-state index in [2.05, 4.69) is 15.5 Å². The Morgan fingerprint density at radius 1 is 1.17 bits per heavy atom. The molecule has 0 aliphatic heterocycles. The summed E-state index contributed by atoms with van der Waals surface area (Å²) in [4.78, 5) is 23.2. The Labute approximate surface area is 128 Å². The van der Waals surface area contributed by atoms with E-state index in [4.69, 9.17) is 4.74 Å². The van der Waals surface area contributed by atoms with Crippen LogP contribution >= 0.6 is 0 Å². The maximum absolute atomic E-state index is 13.5. The molecule has 1 aromatic carbocycles. The van der Waals surface area contributed by atoms with Gasteiger partial charge in [-0.25, -0.2) is 18.0 Å². The number of hydrogen-bond acceptors (Lipinski definition) is 4. The Bertz CT molecular complexity index is 746. The standard InChI is InChI=1S/C14H12F3N3O3/c1-2-23-14(22)11-6-12(20-19-11)18-13(21)4-7-3-9(16)10(17)5-8(7)15/h3,5-6H,2,4H2,1H3,(H2,18,19,20,21). The molecule has 1 amide bonds. The quantitative estimate of drug-likeness (QED) is 0.651. The van der Waals surface area contributed by atoms with Crippen LogP contribution in [0.2, 0.25) is 0 Å². The summed E-state index contributed by atoms with van der Waals surface area (Å²) in [7, 11) is 0. The smallest absolute Gasteiger partial charge is 0.356 e. The summed E-state index contributed by atoms with van der Waals surface area (Å²) >= 11 is 0. The number of halogens is 3. The second-order valence-corrected chi connectivity index (χ2v) is 4.47. The summed E-state index contributed by atoms with van der Waals surface area (Å²) < 4.78 is 44.1. The molecule has 6 nitrogen and oxygen atoms in total. The lowest BCUT2D eigenvalue weighted by Crippen LogP contribution is -2.16. The van der Waals surface area contributed by atoms with Gasteiger partial charge >= 0.3 is 5.97 Å². The molecule has 0 aliphatic rings. The van der Waals surface area contributed by atoms with Crippen molar-refractivity contribution < 1.29 is 27.5 Å². The SMILES string of the molecule is CCOC(=O)c1cc(NC(=O)Cc2cc(F)c(F)cc2F)n[nH]1. The Hall–Kier alpha value is -2.84. The van der Waals surface area contributed by atoms with Gasteiger partial charge in [-0.3, -0.25) is 9.89 Å². The van der Waals surface area contributed by atoms with Crippen LogP contribution in [0.5, 0.6) is 0 Å². The molecular formula is C14H12F3N3O3. The zero-order valence-corrected chi connectivity index (χ0v) is 12.0. The largest absolute Gasteiger partial charge is 0.461 e. The lowest BCUT2D eigenvalue weighted by molar-refractivity contribution is -0.115. The maximum atomic E-state index is 13.5. The van der Waals surface area contributed by atoms with Gasteiger partial charge in [0.25, 0.3) is 0 Å². The van der Waals surface area contributed by atoms with Crippen LogP contribution in [-0.4, -0.2) is 28.7 Å². The highest BCUT2D eigenvalue weighted by Crippen LogP contribution is 2.15. The minimum absolute atomic E-state index is 0.0149. The number of rotatable bonds is 5. The van der Waals surface area contributed by atoms with Gasteiger partial charge in [0.2, 0.25) is 5.91 Å². The van der Waals surface area contributed by atoms with Crippen molar-refractivity contribution >= 4 is 17.7 Å². The van der Waals surface area contributed by atoms with Gasteiger partial charge in [-0.1, -0.05) is 0 Å². The summed E-state index contributed by atoms with van der Waals surface area (Å²) in [6.45, 7) is 1.81. The van der Waals surface area contributed by atoms with E-state index in [1.165, 1.54) is 6.07 Å². The number of aromatic nitrogens is 2. The van der Waals surface area contributed by atoms with Gasteiger partial charge < -0.3 is 10.1 Å². The van der Waals surface area contributed by atoms with Gasteiger partial charge in [0.15, 0.2) is 17.5 Å². The van der Waals surface area contributed by atoms with Crippen LogP contribution in [0.1, 0.15) is 23.0 Å². The summed E-state index contributed by atoms with van der Waals surface area (Å²) in [5.41, 5.74) is -0.274. The number of H-pyrrole nitrogens is 1. The molecule has 0 saturated carbocycles. The first-order valence-corrected chi connectivity index (χ1v) is 6.56. The first-order chi connectivity index (χ1) is 10.9. The van der Waals surface area contributed by atoms with E-state index in [1.807, 2.05) is 0 Å². The van der Waals surface area contributed by atoms with Crippen LogP contribution in [0, 0.1) is 17.5 Å². The summed E-state index contributed by atoms with van der Waals surface area (Å²) in [6.07, 6.45) is -0.523. The van der Waals surface area contributed by atoms with E-state index in [-0.39, 0.29) is 23.7 Å². The lowest BCUT2D eigenvalue weighted by Gasteiger charge is -2.04. The number of anilines is 1. The highest BCUT2D eigenvalue weighted by Gasteiger charge is 2.15. The van der Waals surface area contributed by atoms with Gasteiger partial charge in [0, 0.05) is 17.7 Å². The average Bonchev–Trinajstić information content (AvgIpc) is 2.93. The van der Waals surface area contributed by atoms with Gasteiger partial charge in [-0.05, 0) is 13.0 Å². The van der Waals surface area contributed by atoms with E-state index in [0.29, 0.717) is 12.1 Å². The highest BCUT2D eigenvalue weighted by atomic mass is 19.2. The second kappa shape index (κ2) is 6.95. The van der Waals surface area contributed by atoms with Gasteiger partial charge in [-0.15, -0.1) is 0 Å². The molecule has 0 spiro atoms. The molecule has 1 aromatic heterocycles. The molecule has 0 bridgehead atoms. The molecule has 0 atom stereocenters. The van der Waals surface area contributed by atoms with E-state index in [9.17, 15) is 22.8 Å². The highest BCUT2D eigenvalue weighted by molar-refractivity contribution is 5.93. The number of esters is 1. The predicted molar refractivity (Wildman–Crippen MR) is 73.2 cm³/mol. The van der Waals surface area contributed by atoms with Crippen molar-refractivity contribution in [1.82, 2.24) is 10.2 Å². The van der Waals surface area contributed by atoms with Crippen molar-refractivity contribution in [3.05, 3.63) is 46.9 Å². The van der Waals surface area contributed by atoms with Crippen LogP contribution in [0.4, 0.5) is 19.0 Å². The number of carbonyl (C=O) groups excluding carboxylic acids is 2. The Morgan fingerprint density at radius 3 is 2.57 bits per heavy atom. The third-order valence-corrected chi connectivity index (χ3v) is 2.78. The number of amides is 1. The summed E-state index contributed by atoms with van der Waals surface area (Å²) in [6, 6.07) is 2.21. The number of aromatic amines is 1. The van der Waals surface area contributed by atoms with Crippen molar-refractivity contribution in [1.29, 1.82) is 0 Å². The molecule has 0 fully saturated rings. The molecule has 122 valence electrons. The van der Waals surface area contributed by atoms with Gasteiger partial charge in [0.05, 0.1) is 13.0 Å². The monoisotopic (exact) mass is 327 g/mol. The Balaban J connectivity index is 2.03. The normalized spacial score (nSPS) is 10.4. The van der Waals surface area contributed by atoms with E-state index < -0.39 is 35.7 Å². The molecule has 0 radical (unpaired) electrons. The van der Waals surface area contributed by atoms with Crippen LogP contribution in [-0.2, 0) is 16.0 Å². The van der Waals surface area contributed by atoms with Crippen LogP contribution in [0.25, 0.3) is 0 Å². The minimum Gasteiger partial charge on any atom is -0.461 e. The van der Waals surface area contributed by atoms with Crippen molar-refractivity contribution in [3.8, 4) is 0 Å². The second-order valence-electron chi connectivity index (χ2n) is 4.47. The van der Waals surface area contributed by atoms with E-state index in [1.54, 1.807) is 6.92 Å². The molecule has 2 aromatic rings. The van der Waals surface area contributed by atoms with Crippen LogP contribution in [0.15, 0.2) is 18.2 Å². The number of benzene rings is 1. The van der Waals surface area contributed by atoms with Crippen LogP contribution < -0.4 is 5.32 Å². The predicted octanol–water partition coefficient (Wildman–Crippen LogP) is 2.18. The minimum atomic E-state index is -1.34. The molecule has 1 heterocycles. The Morgan fingerprint density at radius 2 is 1.87 bits per heavy atom. The first kappa shape index (κ1) is 16.5.